The zero-order valence-electron chi connectivity index (χ0n) is 41.4. The van der Waals surface area contributed by atoms with Gasteiger partial charge in [-0.15, -0.1) is 0 Å². The van der Waals surface area contributed by atoms with Gasteiger partial charge in [0.2, 0.25) is 5.91 Å². The van der Waals surface area contributed by atoms with Gasteiger partial charge < -0.3 is 19.8 Å². The number of phosphoric acid groups is 1. The number of carbonyl (C=O) groups is 1. The predicted molar refractivity (Wildman–Crippen MR) is 263 cm³/mol. The normalized spacial score (nSPS) is 14.1. The van der Waals surface area contributed by atoms with Crippen LogP contribution in [0.15, 0.2) is 12.2 Å². The SMILES string of the molecule is CCCCCCCCCC/C=C\CCCCCCCCCCCCCCCCCC(=O)NC(COP(=O)(O)OCC[N+](C)(C)C)C(O)CCCCCCCCCCCCCC. The number of hydrogen-bond acceptors (Lipinski definition) is 5. The summed E-state index contributed by atoms with van der Waals surface area (Å²) in [7, 11) is 1.63. The molecule has 0 aliphatic heterocycles. The number of aliphatic hydroxyl groups excluding tert-OH is 1. The van der Waals surface area contributed by atoms with Crippen molar-refractivity contribution in [2.24, 2.45) is 0 Å². The summed E-state index contributed by atoms with van der Waals surface area (Å²) < 4.78 is 23.7. The summed E-state index contributed by atoms with van der Waals surface area (Å²) in [6, 6.07) is -0.755. The largest absolute Gasteiger partial charge is 0.472 e. The van der Waals surface area contributed by atoms with Gasteiger partial charge in [-0.05, 0) is 38.5 Å². The summed E-state index contributed by atoms with van der Waals surface area (Å²) in [5.74, 6) is -0.141. The van der Waals surface area contributed by atoms with Gasteiger partial charge in [0.25, 0.3) is 0 Å². The molecule has 0 aromatic rings. The summed E-state index contributed by atoms with van der Waals surface area (Å²) in [5.41, 5.74) is 0. The highest BCUT2D eigenvalue weighted by Crippen LogP contribution is 2.43. The second-order valence-corrected chi connectivity index (χ2v) is 21.1. The quantitative estimate of drug-likeness (QED) is 0.0243. The molecule has 3 N–H and O–H groups in total. The topological polar surface area (TPSA) is 105 Å². The molecule has 364 valence electrons. The van der Waals surface area contributed by atoms with Crippen molar-refractivity contribution in [3.63, 3.8) is 0 Å². The molecule has 0 rings (SSSR count). The van der Waals surface area contributed by atoms with Crippen LogP contribution >= 0.6 is 7.82 Å². The number of rotatable bonds is 49. The highest BCUT2D eigenvalue weighted by molar-refractivity contribution is 7.47. The molecule has 0 spiro atoms. The van der Waals surface area contributed by atoms with Crippen molar-refractivity contribution in [2.45, 2.75) is 276 Å². The number of nitrogens with one attached hydrogen (secondary N) is 1. The number of allylic oxidation sites excluding steroid dienone is 2. The Kier molecular flexibility index (Phi) is 43.9. The van der Waals surface area contributed by atoms with Crippen molar-refractivity contribution in [1.29, 1.82) is 0 Å². The van der Waals surface area contributed by atoms with Gasteiger partial charge in [-0.2, -0.15) is 0 Å². The first-order valence-electron chi connectivity index (χ1n) is 26.6. The number of phosphoric ester groups is 1. The van der Waals surface area contributed by atoms with Gasteiger partial charge in [0, 0.05) is 6.42 Å². The van der Waals surface area contributed by atoms with Crippen LogP contribution in [0.2, 0.25) is 0 Å². The number of carbonyl (C=O) groups excluding carboxylic acids is 1. The van der Waals surface area contributed by atoms with Crippen LogP contribution in [-0.2, 0) is 18.4 Å². The molecule has 0 heterocycles. The molecule has 0 aliphatic carbocycles. The van der Waals surface area contributed by atoms with Crippen LogP contribution in [0, 0.1) is 0 Å². The van der Waals surface area contributed by atoms with E-state index in [0.29, 0.717) is 23.9 Å². The standard InChI is InChI=1S/C52H105N2O6P/c1-6-8-10-12-14-16-18-20-21-22-23-24-25-26-27-28-29-30-31-32-33-34-36-38-40-42-44-46-52(56)53-50(49-60-61(57,58)59-48-47-54(3,4)5)51(55)45-43-41-39-37-35-19-17-15-13-11-9-7-2/h22-23,50-51,55H,6-21,24-49H2,1-5H3,(H-,53,56,57,58)/p+1/b23-22-. The second-order valence-electron chi connectivity index (χ2n) is 19.6. The van der Waals surface area contributed by atoms with E-state index in [9.17, 15) is 19.4 Å². The molecule has 0 radical (unpaired) electrons. The minimum atomic E-state index is -4.31. The van der Waals surface area contributed by atoms with Gasteiger partial charge in [-0.25, -0.2) is 4.57 Å². The van der Waals surface area contributed by atoms with E-state index in [2.05, 4.69) is 31.3 Å². The Morgan fingerprint density at radius 3 is 1.26 bits per heavy atom. The van der Waals surface area contributed by atoms with Crippen molar-refractivity contribution in [3.8, 4) is 0 Å². The van der Waals surface area contributed by atoms with Crippen LogP contribution in [0.1, 0.15) is 264 Å². The van der Waals surface area contributed by atoms with Crippen molar-refractivity contribution >= 4 is 13.7 Å². The van der Waals surface area contributed by atoms with Crippen LogP contribution in [0.4, 0.5) is 0 Å². The molecule has 0 aromatic carbocycles. The summed E-state index contributed by atoms with van der Waals surface area (Å²) in [5, 5.41) is 14.0. The predicted octanol–water partition coefficient (Wildman–Crippen LogP) is 15.5. The van der Waals surface area contributed by atoms with Gasteiger partial charge >= 0.3 is 7.82 Å². The van der Waals surface area contributed by atoms with E-state index in [1.807, 2.05) is 21.1 Å². The summed E-state index contributed by atoms with van der Waals surface area (Å²) in [6.45, 7) is 4.91. The third kappa shape index (κ3) is 47.0. The number of unbranched alkanes of at least 4 members (excludes halogenated alkanes) is 34. The first kappa shape index (κ1) is 60.2. The first-order chi connectivity index (χ1) is 29.5. The first-order valence-corrected chi connectivity index (χ1v) is 28.0. The molecular formula is C52H106N2O6P+. The molecule has 9 heteroatoms. The van der Waals surface area contributed by atoms with E-state index < -0.39 is 20.0 Å². The second kappa shape index (κ2) is 44.4. The van der Waals surface area contributed by atoms with Gasteiger partial charge in [0.05, 0.1) is 39.9 Å². The highest BCUT2D eigenvalue weighted by atomic mass is 31.2. The monoisotopic (exact) mass is 886 g/mol. The number of nitrogens with zero attached hydrogens (tertiary/aromatic N) is 1. The van der Waals surface area contributed by atoms with E-state index in [1.165, 1.54) is 199 Å². The number of hydrogen-bond donors (Lipinski definition) is 3. The summed E-state index contributed by atoms with van der Waals surface area (Å²) >= 11 is 0. The third-order valence-corrected chi connectivity index (χ3v) is 13.2. The molecule has 0 aliphatic rings. The maximum Gasteiger partial charge on any atom is 0.472 e. The lowest BCUT2D eigenvalue weighted by Crippen LogP contribution is -2.46. The molecule has 3 unspecified atom stereocenters. The van der Waals surface area contributed by atoms with Crippen LogP contribution in [0.3, 0.4) is 0 Å². The fourth-order valence-electron chi connectivity index (χ4n) is 8.04. The molecule has 0 bridgehead atoms. The van der Waals surface area contributed by atoms with Crippen molar-refractivity contribution < 1.29 is 32.9 Å². The highest BCUT2D eigenvalue weighted by Gasteiger charge is 2.28. The molecule has 8 nitrogen and oxygen atoms in total. The van der Waals surface area contributed by atoms with Crippen LogP contribution in [-0.4, -0.2) is 73.4 Å². The zero-order valence-corrected chi connectivity index (χ0v) is 42.3. The molecule has 3 atom stereocenters. The minimum absolute atomic E-state index is 0.0773. The Balaban J connectivity index is 4.06. The molecule has 0 saturated carbocycles. The van der Waals surface area contributed by atoms with E-state index >= 15 is 0 Å². The fourth-order valence-corrected chi connectivity index (χ4v) is 8.78. The van der Waals surface area contributed by atoms with Crippen LogP contribution < -0.4 is 5.32 Å². The van der Waals surface area contributed by atoms with Crippen molar-refractivity contribution in [3.05, 3.63) is 12.2 Å². The maximum absolute atomic E-state index is 12.9. The molecule has 0 saturated heterocycles. The lowest BCUT2D eigenvalue weighted by molar-refractivity contribution is -0.870. The molecular weight excluding hydrogens is 780 g/mol. The Hall–Kier alpha value is -0.760. The van der Waals surface area contributed by atoms with E-state index in [1.54, 1.807) is 0 Å². The van der Waals surface area contributed by atoms with Crippen LogP contribution in [0.25, 0.3) is 0 Å². The molecule has 0 aromatic heterocycles. The lowest BCUT2D eigenvalue weighted by Gasteiger charge is -2.26. The van der Waals surface area contributed by atoms with E-state index in [-0.39, 0.29) is 19.1 Å². The lowest BCUT2D eigenvalue weighted by atomic mass is 10.0. The van der Waals surface area contributed by atoms with Crippen molar-refractivity contribution in [1.82, 2.24) is 5.32 Å². The van der Waals surface area contributed by atoms with Gasteiger partial charge in [-0.1, -0.05) is 231 Å². The van der Waals surface area contributed by atoms with Gasteiger partial charge in [-0.3, -0.25) is 13.8 Å². The molecule has 1 amide bonds. The van der Waals surface area contributed by atoms with Crippen LogP contribution in [0.5, 0.6) is 0 Å². The Morgan fingerprint density at radius 1 is 0.541 bits per heavy atom. The minimum Gasteiger partial charge on any atom is -0.391 e. The average molecular weight is 886 g/mol. The summed E-state index contributed by atoms with van der Waals surface area (Å²) in [4.78, 5) is 23.2. The number of likely N-dealkylation sites (N-methyl/N-ethyl adjacent to an activating group) is 1. The third-order valence-electron chi connectivity index (χ3n) is 12.3. The molecule has 61 heavy (non-hydrogen) atoms. The Labute approximate surface area is 380 Å². The zero-order chi connectivity index (χ0) is 45.0. The van der Waals surface area contributed by atoms with E-state index in [4.69, 9.17) is 9.05 Å². The smallest absolute Gasteiger partial charge is 0.391 e. The van der Waals surface area contributed by atoms with E-state index in [0.717, 1.165) is 38.5 Å². The number of aliphatic hydroxyl groups is 1. The number of quaternary nitrogens is 1. The van der Waals surface area contributed by atoms with Crippen molar-refractivity contribution in [2.75, 3.05) is 40.9 Å². The fraction of sp³-hybridized carbons (Fsp3) is 0.942. The van der Waals surface area contributed by atoms with Gasteiger partial charge in [0.15, 0.2) is 0 Å². The van der Waals surface area contributed by atoms with Gasteiger partial charge in [0.1, 0.15) is 13.2 Å². The Morgan fingerprint density at radius 2 is 0.885 bits per heavy atom. The number of amides is 1. The maximum atomic E-state index is 12.9. The molecule has 0 fully saturated rings. The average Bonchev–Trinajstić information content (AvgIpc) is 3.21. The Bertz CT molecular complexity index is 1000. The summed E-state index contributed by atoms with van der Waals surface area (Å²) in [6.07, 6.45) is 52.6.